The number of amides is 1. The van der Waals surface area contributed by atoms with Gasteiger partial charge in [-0.1, -0.05) is 29.5 Å². The topological polar surface area (TPSA) is 85.1 Å². The summed E-state index contributed by atoms with van der Waals surface area (Å²) in [6, 6.07) is 10.2. The van der Waals surface area contributed by atoms with Gasteiger partial charge in [0.2, 0.25) is 0 Å². The molecule has 1 fully saturated rings. The summed E-state index contributed by atoms with van der Waals surface area (Å²) >= 11 is 0.968. The van der Waals surface area contributed by atoms with Crippen molar-refractivity contribution >= 4 is 56.0 Å². The van der Waals surface area contributed by atoms with Crippen molar-refractivity contribution in [3.8, 4) is 5.75 Å². The number of aromatic nitrogens is 1. The summed E-state index contributed by atoms with van der Waals surface area (Å²) in [6.45, 7) is 3.52. The van der Waals surface area contributed by atoms with Crippen LogP contribution in [0, 0.1) is 0 Å². The molecule has 1 amide bonds. The predicted octanol–water partition coefficient (Wildman–Crippen LogP) is 5.22. The Balaban J connectivity index is 0.00000353. The van der Waals surface area contributed by atoms with Gasteiger partial charge in [-0.3, -0.25) is 14.6 Å². The molecule has 4 aromatic rings. The first kappa shape index (κ1) is 28.8. The lowest BCUT2D eigenvalue weighted by Crippen LogP contribution is -2.40. The predicted molar refractivity (Wildman–Crippen MR) is 144 cm³/mol. The van der Waals surface area contributed by atoms with Gasteiger partial charge in [-0.25, -0.2) is 9.78 Å². The lowest BCUT2D eigenvalue weighted by atomic mass is 10.1. The summed E-state index contributed by atoms with van der Waals surface area (Å²) in [5, 5.41) is 0.554. The highest BCUT2D eigenvalue weighted by atomic mass is 35.5. The average molecular weight is 584 g/mol. The van der Waals surface area contributed by atoms with Crippen LogP contribution in [-0.4, -0.2) is 62.3 Å². The molecule has 1 aliphatic heterocycles. The number of nitrogens with zero attached hydrogens (tertiary/aromatic N) is 3. The Kier molecular flexibility index (Phi) is 8.80. The van der Waals surface area contributed by atoms with Crippen molar-refractivity contribution in [2.45, 2.75) is 12.6 Å². The van der Waals surface area contributed by atoms with Crippen molar-refractivity contribution in [3.63, 3.8) is 0 Å². The van der Waals surface area contributed by atoms with E-state index in [0.717, 1.165) is 30.5 Å². The minimum absolute atomic E-state index is 0. The van der Waals surface area contributed by atoms with Gasteiger partial charge in [-0.05, 0) is 30.7 Å². The number of morpholine rings is 1. The van der Waals surface area contributed by atoms with Gasteiger partial charge in [0, 0.05) is 31.6 Å². The van der Waals surface area contributed by atoms with E-state index >= 15 is 0 Å². The summed E-state index contributed by atoms with van der Waals surface area (Å²) in [6.07, 6.45) is -4.09. The standard InChI is InChI=1S/C26H24F3N3O5S.ClH/c1-35-19-7-2-5-16-15-17(24(34)37-22(16)19)23(33)32(10-4-9-31-11-13-36-14-12-31)25-30-21-18(26(27,28)29)6-3-8-20(21)38-25;/h2-3,5-8,15H,4,9-14H2,1H3;1H. The van der Waals surface area contributed by atoms with Crippen molar-refractivity contribution in [3.05, 3.63) is 64.0 Å². The Morgan fingerprint density at radius 3 is 2.64 bits per heavy atom. The number of methoxy groups -OCH3 is 1. The van der Waals surface area contributed by atoms with Crippen LogP contribution >= 0.6 is 23.7 Å². The number of carbonyl (C=O) groups excluding carboxylic acids is 1. The smallest absolute Gasteiger partial charge is 0.418 e. The Hall–Kier alpha value is -3.19. The van der Waals surface area contributed by atoms with Crippen LogP contribution in [0.15, 0.2) is 51.7 Å². The lowest BCUT2D eigenvalue weighted by Gasteiger charge is -2.27. The highest BCUT2D eigenvalue weighted by Gasteiger charge is 2.34. The van der Waals surface area contributed by atoms with Crippen LogP contribution in [0.4, 0.5) is 18.3 Å². The maximum absolute atomic E-state index is 13.8. The second-order valence-electron chi connectivity index (χ2n) is 8.74. The first-order valence-electron chi connectivity index (χ1n) is 12.0. The normalized spacial score (nSPS) is 14.4. The fourth-order valence-corrected chi connectivity index (χ4v) is 5.43. The number of benzene rings is 2. The number of hydrogen-bond donors (Lipinski definition) is 0. The molecule has 13 heteroatoms. The number of ether oxygens (including phenoxy) is 2. The fourth-order valence-electron chi connectivity index (χ4n) is 4.42. The second kappa shape index (κ2) is 11.9. The third kappa shape index (κ3) is 6.03. The van der Waals surface area contributed by atoms with Gasteiger partial charge in [0.25, 0.3) is 5.91 Å². The number of alkyl halides is 3. The van der Waals surface area contributed by atoms with E-state index in [9.17, 15) is 22.8 Å². The van der Waals surface area contributed by atoms with E-state index in [1.165, 1.54) is 30.2 Å². The molecule has 0 unspecified atom stereocenters. The molecule has 8 nitrogen and oxygen atoms in total. The molecule has 1 aliphatic rings. The molecule has 2 aromatic heterocycles. The first-order chi connectivity index (χ1) is 18.3. The molecule has 3 heterocycles. The van der Waals surface area contributed by atoms with E-state index in [1.54, 1.807) is 18.2 Å². The number of halogens is 4. The van der Waals surface area contributed by atoms with Crippen LogP contribution in [0.25, 0.3) is 21.2 Å². The Morgan fingerprint density at radius 2 is 1.92 bits per heavy atom. The fraction of sp³-hybridized carbons (Fsp3) is 0.346. The van der Waals surface area contributed by atoms with E-state index in [-0.39, 0.29) is 45.4 Å². The van der Waals surface area contributed by atoms with E-state index in [0.29, 0.717) is 37.3 Å². The zero-order chi connectivity index (χ0) is 26.9. The molecule has 39 heavy (non-hydrogen) atoms. The molecule has 0 saturated carbocycles. The SMILES string of the molecule is COc1cccc2cc(C(=O)N(CCCN3CCOCC3)c3nc4c(C(F)(F)F)cccc4s3)c(=O)oc12.Cl. The van der Waals surface area contributed by atoms with Crippen LogP contribution in [0.2, 0.25) is 0 Å². The summed E-state index contributed by atoms with van der Waals surface area (Å²) in [5.74, 6) is -0.357. The molecule has 5 rings (SSSR count). The largest absolute Gasteiger partial charge is 0.493 e. The van der Waals surface area contributed by atoms with Crippen LogP contribution in [0.5, 0.6) is 5.75 Å². The maximum Gasteiger partial charge on any atom is 0.418 e. The molecule has 0 atom stereocenters. The van der Waals surface area contributed by atoms with Gasteiger partial charge in [-0.2, -0.15) is 13.2 Å². The Bertz CT molecular complexity index is 1540. The molecule has 0 bridgehead atoms. The molecule has 1 saturated heterocycles. The van der Waals surface area contributed by atoms with Gasteiger partial charge < -0.3 is 13.9 Å². The van der Waals surface area contributed by atoms with Crippen LogP contribution < -0.4 is 15.3 Å². The second-order valence-corrected chi connectivity index (χ2v) is 9.75. The van der Waals surface area contributed by atoms with E-state index in [1.807, 2.05) is 0 Å². The summed E-state index contributed by atoms with van der Waals surface area (Å²) in [7, 11) is 1.44. The minimum Gasteiger partial charge on any atom is -0.493 e. The van der Waals surface area contributed by atoms with E-state index in [4.69, 9.17) is 13.9 Å². The van der Waals surface area contributed by atoms with Crippen LogP contribution in [0.1, 0.15) is 22.3 Å². The van der Waals surface area contributed by atoms with Crippen molar-refractivity contribution in [1.82, 2.24) is 9.88 Å². The van der Waals surface area contributed by atoms with Gasteiger partial charge in [0.15, 0.2) is 16.5 Å². The van der Waals surface area contributed by atoms with Gasteiger partial charge >= 0.3 is 11.8 Å². The third-order valence-electron chi connectivity index (χ3n) is 6.32. The number of carbonyl (C=O) groups is 1. The first-order valence-corrected chi connectivity index (χ1v) is 12.8. The van der Waals surface area contributed by atoms with Crippen molar-refractivity contribution in [2.24, 2.45) is 0 Å². The van der Waals surface area contributed by atoms with Crippen LogP contribution in [0.3, 0.4) is 0 Å². The molecule has 0 spiro atoms. The highest BCUT2D eigenvalue weighted by molar-refractivity contribution is 7.22. The quantitative estimate of drug-likeness (QED) is 0.276. The molecule has 0 radical (unpaired) electrons. The number of anilines is 1. The monoisotopic (exact) mass is 583 g/mol. The maximum atomic E-state index is 13.8. The number of rotatable bonds is 7. The summed E-state index contributed by atoms with van der Waals surface area (Å²) in [5.41, 5.74) is -2.03. The van der Waals surface area contributed by atoms with Crippen LogP contribution in [-0.2, 0) is 10.9 Å². The van der Waals surface area contributed by atoms with Crippen molar-refractivity contribution < 1.29 is 31.9 Å². The Labute approximate surface area is 231 Å². The lowest BCUT2D eigenvalue weighted by molar-refractivity contribution is -0.136. The van der Waals surface area contributed by atoms with Gasteiger partial charge in [0.05, 0.1) is 36.1 Å². The van der Waals surface area contributed by atoms with E-state index < -0.39 is 23.3 Å². The minimum atomic E-state index is -4.60. The number of fused-ring (bicyclic) bond motifs is 2. The third-order valence-corrected chi connectivity index (χ3v) is 7.37. The highest BCUT2D eigenvalue weighted by Crippen LogP contribution is 2.38. The zero-order valence-electron chi connectivity index (χ0n) is 20.8. The summed E-state index contributed by atoms with van der Waals surface area (Å²) < 4.78 is 57.2. The molecule has 0 N–H and O–H groups in total. The average Bonchev–Trinajstić information content (AvgIpc) is 3.34. The van der Waals surface area contributed by atoms with Crippen molar-refractivity contribution in [2.75, 3.05) is 51.4 Å². The molecule has 2 aromatic carbocycles. The molecular weight excluding hydrogens is 559 g/mol. The van der Waals surface area contributed by atoms with Gasteiger partial charge in [-0.15, -0.1) is 12.4 Å². The zero-order valence-corrected chi connectivity index (χ0v) is 22.5. The molecular formula is C26H25ClF3N3O5S. The Morgan fingerprint density at radius 1 is 1.18 bits per heavy atom. The number of para-hydroxylation sites is 2. The van der Waals surface area contributed by atoms with Crippen molar-refractivity contribution in [1.29, 1.82) is 0 Å². The van der Waals surface area contributed by atoms with E-state index in [2.05, 4.69) is 9.88 Å². The molecule has 208 valence electrons. The van der Waals surface area contributed by atoms with Gasteiger partial charge in [0.1, 0.15) is 5.56 Å². The number of thiazole rings is 1. The molecule has 0 aliphatic carbocycles. The summed E-state index contributed by atoms with van der Waals surface area (Å²) in [4.78, 5) is 34.3. The number of hydrogen-bond acceptors (Lipinski definition) is 8.